The van der Waals surface area contributed by atoms with E-state index in [4.69, 9.17) is 0 Å². The van der Waals surface area contributed by atoms with E-state index in [2.05, 4.69) is 20.7 Å². The molecule has 0 saturated carbocycles. The van der Waals surface area contributed by atoms with E-state index in [9.17, 15) is 9.59 Å². The van der Waals surface area contributed by atoms with Crippen molar-refractivity contribution in [2.75, 3.05) is 5.32 Å². The van der Waals surface area contributed by atoms with Crippen LogP contribution in [0.3, 0.4) is 0 Å². The summed E-state index contributed by atoms with van der Waals surface area (Å²) in [6.07, 6.45) is 5.96. The van der Waals surface area contributed by atoms with Gasteiger partial charge in [0.1, 0.15) is 6.04 Å². The molecule has 0 saturated heterocycles. The molecule has 2 amide bonds. The maximum atomic E-state index is 12.4. The lowest BCUT2D eigenvalue weighted by Crippen LogP contribution is -2.45. The van der Waals surface area contributed by atoms with Gasteiger partial charge >= 0.3 is 0 Å². The van der Waals surface area contributed by atoms with Gasteiger partial charge in [-0.15, -0.1) is 11.3 Å². The van der Waals surface area contributed by atoms with Crippen LogP contribution in [0, 0.1) is 5.92 Å². The van der Waals surface area contributed by atoms with Crippen LogP contribution < -0.4 is 10.6 Å². The predicted octanol–water partition coefficient (Wildman–Crippen LogP) is 2.46. The second-order valence-corrected chi connectivity index (χ2v) is 7.01. The lowest BCUT2D eigenvalue weighted by Gasteiger charge is -2.20. The smallest absolute Gasteiger partial charge is 0.248 e. The minimum Gasteiger partial charge on any atom is -0.344 e. The molecule has 0 aliphatic carbocycles. The normalized spacial score (nSPS) is 13.5. The number of rotatable bonds is 8. The topological polar surface area (TPSA) is 88.9 Å². The van der Waals surface area contributed by atoms with Crippen LogP contribution in [0.25, 0.3) is 0 Å². The van der Waals surface area contributed by atoms with Crippen LogP contribution in [-0.4, -0.2) is 32.6 Å². The van der Waals surface area contributed by atoms with Gasteiger partial charge in [-0.2, -0.15) is 5.10 Å². The summed E-state index contributed by atoms with van der Waals surface area (Å²) in [4.78, 5) is 28.8. The van der Waals surface area contributed by atoms with Gasteiger partial charge in [0.05, 0.1) is 6.04 Å². The molecule has 2 aromatic heterocycles. The number of amides is 2. The van der Waals surface area contributed by atoms with Crippen LogP contribution in [0.1, 0.15) is 39.7 Å². The molecule has 7 nitrogen and oxygen atoms in total. The Morgan fingerprint density at radius 2 is 2.08 bits per heavy atom. The number of carbonyl (C=O) groups is 2. The second-order valence-electron chi connectivity index (χ2n) is 6.12. The first-order valence-electron chi connectivity index (χ1n) is 7.94. The van der Waals surface area contributed by atoms with E-state index < -0.39 is 6.04 Å². The van der Waals surface area contributed by atoms with Gasteiger partial charge in [0, 0.05) is 30.4 Å². The first kappa shape index (κ1) is 18.1. The standard InChI is InChI=1S/C16H23N5O2S/c1-11(2)9-13(15(23)20-16-17-6-8-24-16)19-14(22)10-12(3)21-7-4-5-18-21/h4-8,11-13H,9-10H2,1-3H3,(H,19,22)(H,17,20,23). The van der Waals surface area contributed by atoms with Crippen molar-refractivity contribution in [1.82, 2.24) is 20.1 Å². The largest absolute Gasteiger partial charge is 0.344 e. The highest BCUT2D eigenvalue weighted by atomic mass is 32.1. The van der Waals surface area contributed by atoms with E-state index >= 15 is 0 Å². The van der Waals surface area contributed by atoms with E-state index in [1.54, 1.807) is 22.5 Å². The number of thiazole rings is 1. The molecule has 2 rings (SSSR count). The summed E-state index contributed by atoms with van der Waals surface area (Å²) in [5.74, 6) is -0.127. The van der Waals surface area contributed by atoms with Gasteiger partial charge in [-0.25, -0.2) is 4.98 Å². The van der Waals surface area contributed by atoms with Crippen molar-refractivity contribution in [2.24, 2.45) is 5.92 Å². The number of nitrogens with zero attached hydrogens (tertiary/aromatic N) is 3. The van der Waals surface area contributed by atoms with Crippen LogP contribution in [0.2, 0.25) is 0 Å². The fourth-order valence-corrected chi connectivity index (χ4v) is 2.87. The third kappa shape index (κ3) is 5.45. The number of nitrogens with one attached hydrogen (secondary N) is 2. The zero-order valence-electron chi connectivity index (χ0n) is 14.1. The molecule has 2 heterocycles. The molecule has 0 radical (unpaired) electrons. The van der Waals surface area contributed by atoms with Crippen LogP contribution in [0.5, 0.6) is 0 Å². The number of hydrogen-bond acceptors (Lipinski definition) is 5. The SMILES string of the molecule is CC(C)CC(NC(=O)CC(C)n1cccn1)C(=O)Nc1nccs1. The van der Waals surface area contributed by atoms with Crippen molar-refractivity contribution in [1.29, 1.82) is 0 Å². The molecule has 0 spiro atoms. The Morgan fingerprint density at radius 1 is 1.29 bits per heavy atom. The van der Waals surface area contributed by atoms with E-state index in [1.807, 2.05) is 33.0 Å². The van der Waals surface area contributed by atoms with Gasteiger partial charge in [0.15, 0.2) is 5.13 Å². The summed E-state index contributed by atoms with van der Waals surface area (Å²) in [5.41, 5.74) is 0. The second kappa shape index (κ2) is 8.58. The molecule has 8 heteroatoms. The summed E-state index contributed by atoms with van der Waals surface area (Å²) in [6.45, 7) is 5.95. The summed E-state index contributed by atoms with van der Waals surface area (Å²) >= 11 is 1.35. The first-order chi connectivity index (χ1) is 11.5. The quantitative estimate of drug-likeness (QED) is 0.766. The fraction of sp³-hybridized carbons (Fsp3) is 0.500. The highest BCUT2D eigenvalue weighted by molar-refractivity contribution is 7.13. The first-order valence-corrected chi connectivity index (χ1v) is 8.82. The molecule has 2 N–H and O–H groups in total. The summed E-state index contributed by atoms with van der Waals surface area (Å²) in [7, 11) is 0. The summed E-state index contributed by atoms with van der Waals surface area (Å²) < 4.78 is 1.73. The molecule has 130 valence electrons. The molecule has 0 bridgehead atoms. The minimum absolute atomic E-state index is 0.0678. The zero-order valence-corrected chi connectivity index (χ0v) is 14.9. The highest BCUT2D eigenvalue weighted by Crippen LogP contribution is 2.14. The molecule has 2 unspecified atom stereocenters. The van der Waals surface area contributed by atoms with E-state index in [-0.39, 0.29) is 30.2 Å². The molecule has 2 atom stereocenters. The molecular weight excluding hydrogens is 326 g/mol. The number of hydrogen-bond donors (Lipinski definition) is 2. The van der Waals surface area contributed by atoms with E-state index in [1.165, 1.54) is 11.3 Å². The molecule has 0 aliphatic heterocycles. The summed E-state index contributed by atoms with van der Waals surface area (Å²) in [6, 6.07) is 1.17. The Labute approximate surface area is 145 Å². The van der Waals surface area contributed by atoms with Crippen molar-refractivity contribution in [2.45, 2.75) is 45.7 Å². The van der Waals surface area contributed by atoms with Crippen molar-refractivity contribution in [3.05, 3.63) is 30.0 Å². The average molecular weight is 349 g/mol. The highest BCUT2D eigenvalue weighted by Gasteiger charge is 2.23. The zero-order chi connectivity index (χ0) is 17.5. The Hall–Kier alpha value is -2.22. The van der Waals surface area contributed by atoms with Crippen LogP contribution in [0.4, 0.5) is 5.13 Å². The van der Waals surface area contributed by atoms with Crippen molar-refractivity contribution >= 4 is 28.3 Å². The lowest BCUT2D eigenvalue weighted by atomic mass is 10.0. The van der Waals surface area contributed by atoms with Crippen LogP contribution >= 0.6 is 11.3 Å². The fourth-order valence-electron chi connectivity index (χ4n) is 2.34. The van der Waals surface area contributed by atoms with Gasteiger partial charge in [0.25, 0.3) is 0 Å². The van der Waals surface area contributed by atoms with Crippen molar-refractivity contribution in [3.63, 3.8) is 0 Å². The molecule has 0 fully saturated rings. The van der Waals surface area contributed by atoms with Gasteiger partial charge < -0.3 is 10.6 Å². The molecular formula is C16H23N5O2S. The third-order valence-corrected chi connectivity index (χ3v) is 4.17. The molecule has 0 aliphatic rings. The predicted molar refractivity (Wildman–Crippen MR) is 93.7 cm³/mol. The van der Waals surface area contributed by atoms with Crippen LogP contribution in [0.15, 0.2) is 30.0 Å². The summed E-state index contributed by atoms with van der Waals surface area (Å²) in [5, 5.41) is 12.0. The number of aromatic nitrogens is 3. The number of anilines is 1. The molecule has 24 heavy (non-hydrogen) atoms. The van der Waals surface area contributed by atoms with Gasteiger partial charge in [-0.1, -0.05) is 13.8 Å². The average Bonchev–Trinajstić information content (AvgIpc) is 3.19. The minimum atomic E-state index is -0.578. The molecule has 0 aromatic carbocycles. The van der Waals surface area contributed by atoms with Crippen LogP contribution in [-0.2, 0) is 9.59 Å². The van der Waals surface area contributed by atoms with E-state index in [0.29, 0.717) is 11.6 Å². The van der Waals surface area contributed by atoms with Crippen molar-refractivity contribution < 1.29 is 9.59 Å². The third-order valence-electron chi connectivity index (χ3n) is 3.48. The van der Waals surface area contributed by atoms with Gasteiger partial charge in [-0.05, 0) is 25.3 Å². The monoisotopic (exact) mass is 349 g/mol. The van der Waals surface area contributed by atoms with E-state index in [0.717, 1.165) is 0 Å². The lowest BCUT2D eigenvalue weighted by molar-refractivity contribution is -0.127. The van der Waals surface area contributed by atoms with Crippen molar-refractivity contribution in [3.8, 4) is 0 Å². The maximum Gasteiger partial charge on any atom is 0.248 e. The number of carbonyl (C=O) groups excluding carboxylic acids is 2. The maximum absolute atomic E-state index is 12.4. The van der Waals surface area contributed by atoms with Gasteiger partial charge in [0.2, 0.25) is 11.8 Å². The Bertz CT molecular complexity index is 639. The Balaban J connectivity index is 1.94. The van der Waals surface area contributed by atoms with Gasteiger partial charge in [-0.3, -0.25) is 14.3 Å². The molecule has 2 aromatic rings. The Morgan fingerprint density at radius 3 is 2.67 bits per heavy atom. The Kier molecular flexibility index (Phi) is 6.48.